The van der Waals surface area contributed by atoms with Gasteiger partial charge in [-0.3, -0.25) is 4.90 Å². The first-order valence-corrected chi connectivity index (χ1v) is 9.86. The van der Waals surface area contributed by atoms with Crippen LogP contribution in [0.15, 0.2) is 12.1 Å². The van der Waals surface area contributed by atoms with Gasteiger partial charge in [0.25, 0.3) is 0 Å². The highest BCUT2D eigenvalue weighted by atomic mass is 16.6. The summed E-state index contributed by atoms with van der Waals surface area (Å²) >= 11 is 0. The molecule has 2 amide bonds. The van der Waals surface area contributed by atoms with Gasteiger partial charge in [0.2, 0.25) is 0 Å². The molecule has 2 aliphatic rings. The molecule has 154 valence electrons. The summed E-state index contributed by atoms with van der Waals surface area (Å²) in [7, 11) is 1.40. The molecule has 0 unspecified atom stereocenters. The van der Waals surface area contributed by atoms with Crippen molar-refractivity contribution in [3.05, 3.63) is 23.3 Å². The molecule has 7 nitrogen and oxygen atoms in total. The normalized spacial score (nSPS) is 19.7. The number of hydrogen-bond acceptors (Lipinski definition) is 5. The molecule has 28 heavy (non-hydrogen) atoms. The number of amides is 2. The summed E-state index contributed by atoms with van der Waals surface area (Å²) < 4.78 is 10.3. The SMILES string of the molecule is COC(=O)N1c2ccc(CC3CN(C(=O)OC(C)(C)C)C3)c(N)c2CC[C@@H]1C. The van der Waals surface area contributed by atoms with Gasteiger partial charge >= 0.3 is 12.2 Å². The number of carbonyl (C=O) groups excluding carboxylic acids is 2. The van der Waals surface area contributed by atoms with Crippen molar-refractivity contribution < 1.29 is 19.1 Å². The molecular weight excluding hydrogens is 358 g/mol. The number of methoxy groups -OCH3 is 1. The first-order valence-electron chi connectivity index (χ1n) is 9.86. The van der Waals surface area contributed by atoms with Crippen LogP contribution in [0.4, 0.5) is 21.0 Å². The third kappa shape index (κ3) is 4.03. The summed E-state index contributed by atoms with van der Waals surface area (Å²) in [5.74, 6) is 0.368. The molecule has 0 bridgehead atoms. The average Bonchev–Trinajstić information content (AvgIpc) is 2.57. The molecule has 7 heteroatoms. The maximum atomic E-state index is 12.2. The minimum absolute atomic E-state index is 0.0826. The minimum atomic E-state index is -0.478. The van der Waals surface area contributed by atoms with Gasteiger partial charge in [-0.15, -0.1) is 0 Å². The van der Waals surface area contributed by atoms with E-state index in [1.807, 2.05) is 39.8 Å². The molecule has 0 spiro atoms. The summed E-state index contributed by atoms with van der Waals surface area (Å²) in [6.07, 6.45) is 1.90. The molecular formula is C21H31N3O4. The van der Waals surface area contributed by atoms with Crippen molar-refractivity contribution in [1.82, 2.24) is 4.90 Å². The Kier molecular flexibility index (Phi) is 5.46. The predicted octanol–water partition coefficient (Wildman–Crippen LogP) is 3.59. The van der Waals surface area contributed by atoms with Crippen LogP contribution < -0.4 is 10.6 Å². The van der Waals surface area contributed by atoms with E-state index in [2.05, 4.69) is 0 Å². The van der Waals surface area contributed by atoms with Crippen LogP contribution in [-0.2, 0) is 22.3 Å². The Morgan fingerprint density at radius 1 is 1.21 bits per heavy atom. The number of benzene rings is 1. The molecule has 2 N–H and O–H groups in total. The van der Waals surface area contributed by atoms with Crippen molar-refractivity contribution in [3.8, 4) is 0 Å². The predicted molar refractivity (Wildman–Crippen MR) is 109 cm³/mol. The second-order valence-corrected chi connectivity index (χ2v) is 8.82. The van der Waals surface area contributed by atoms with Crippen molar-refractivity contribution in [2.24, 2.45) is 5.92 Å². The Bertz CT molecular complexity index is 766. The van der Waals surface area contributed by atoms with E-state index in [4.69, 9.17) is 15.2 Å². The zero-order valence-electron chi connectivity index (χ0n) is 17.4. The van der Waals surface area contributed by atoms with Crippen molar-refractivity contribution >= 4 is 23.6 Å². The number of ether oxygens (including phenoxy) is 2. The molecule has 1 aromatic rings. The van der Waals surface area contributed by atoms with Gasteiger partial charge in [0.05, 0.1) is 12.8 Å². The van der Waals surface area contributed by atoms with Gasteiger partial charge in [-0.1, -0.05) is 6.07 Å². The molecule has 0 radical (unpaired) electrons. The molecule has 1 fully saturated rings. The smallest absolute Gasteiger partial charge is 0.414 e. The highest BCUT2D eigenvalue weighted by molar-refractivity contribution is 5.91. The summed E-state index contributed by atoms with van der Waals surface area (Å²) in [5, 5.41) is 0. The van der Waals surface area contributed by atoms with Gasteiger partial charge in [0, 0.05) is 24.8 Å². The lowest BCUT2D eigenvalue weighted by molar-refractivity contribution is -0.000857. The molecule has 3 rings (SSSR count). The lowest BCUT2D eigenvalue weighted by Gasteiger charge is -2.40. The third-order valence-corrected chi connectivity index (χ3v) is 5.42. The van der Waals surface area contributed by atoms with Crippen LogP contribution in [0.1, 0.15) is 45.2 Å². The minimum Gasteiger partial charge on any atom is -0.452 e. The van der Waals surface area contributed by atoms with Crippen LogP contribution in [0, 0.1) is 5.92 Å². The molecule has 1 atom stereocenters. The van der Waals surface area contributed by atoms with Crippen molar-refractivity contribution in [1.29, 1.82) is 0 Å². The standard InChI is InChI=1S/C21H31N3O4/c1-13-6-8-16-17(24(13)20(26)27-5)9-7-15(18(16)22)10-14-11-23(12-14)19(25)28-21(2,3)4/h7,9,13-14H,6,8,10-12,22H2,1-5H3/t13-/m0/s1. The Balaban J connectivity index is 1.68. The van der Waals surface area contributed by atoms with Gasteiger partial charge in [-0.2, -0.15) is 0 Å². The number of nitrogen functional groups attached to an aromatic ring is 1. The largest absolute Gasteiger partial charge is 0.452 e. The lowest BCUT2D eigenvalue weighted by Crippen LogP contribution is -2.52. The Labute approximate surface area is 166 Å². The monoisotopic (exact) mass is 389 g/mol. The van der Waals surface area contributed by atoms with Crippen LogP contribution in [0.3, 0.4) is 0 Å². The summed E-state index contributed by atoms with van der Waals surface area (Å²) in [5.41, 5.74) is 9.69. The van der Waals surface area contributed by atoms with Crippen LogP contribution in [0.2, 0.25) is 0 Å². The number of fused-ring (bicyclic) bond motifs is 1. The maximum Gasteiger partial charge on any atom is 0.414 e. The van der Waals surface area contributed by atoms with Crippen molar-refractivity contribution in [2.45, 2.75) is 58.6 Å². The van der Waals surface area contributed by atoms with Crippen LogP contribution >= 0.6 is 0 Å². The van der Waals surface area contributed by atoms with E-state index in [0.29, 0.717) is 19.0 Å². The number of likely N-dealkylation sites (tertiary alicyclic amines) is 1. The Morgan fingerprint density at radius 2 is 1.89 bits per heavy atom. The van der Waals surface area contributed by atoms with Gasteiger partial charge in [-0.25, -0.2) is 9.59 Å². The first kappa shape index (κ1) is 20.3. The van der Waals surface area contributed by atoms with E-state index in [1.165, 1.54) is 7.11 Å². The van der Waals surface area contributed by atoms with E-state index >= 15 is 0 Å². The van der Waals surface area contributed by atoms with E-state index in [0.717, 1.165) is 41.8 Å². The van der Waals surface area contributed by atoms with Gasteiger partial charge in [-0.05, 0) is 70.1 Å². The van der Waals surface area contributed by atoms with Gasteiger partial charge in [0.1, 0.15) is 5.60 Å². The third-order valence-electron chi connectivity index (χ3n) is 5.42. The summed E-state index contributed by atoms with van der Waals surface area (Å²) in [6, 6.07) is 4.05. The van der Waals surface area contributed by atoms with Crippen LogP contribution in [0.5, 0.6) is 0 Å². The average molecular weight is 389 g/mol. The highest BCUT2D eigenvalue weighted by Gasteiger charge is 2.35. The summed E-state index contributed by atoms with van der Waals surface area (Å²) in [6.45, 7) is 8.98. The fourth-order valence-electron chi connectivity index (χ4n) is 3.95. The van der Waals surface area contributed by atoms with Crippen LogP contribution in [-0.4, -0.2) is 48.9 Å². The van der Waals surface area contributed by atoms with E-state index in [9.17, 15) is 9.59 Å². The fraction of sp³-hybridized carbons (Fsp3) is 0.619. The number of nitrogens with two attached hydrogens (primary N) is 1. The molecule has 0 saturated carbocycles. The topological polar surface area (TPSA) is 85.1 Å². The second-order valence-electron chi connectivity index (χ2n) is 8.82. The number of anilines is 2. The van der Waals surface area contributed by atoms with Crippen LogP contribution in [0.25, 0.3) is 0 Å². The van der Waals surface area contributed by atoms with Crippen molar-refractivity contribution in [2.75, 3.05) is 30.8 Å². The van der Waals surface area contributed by atoms with E-state index in [-0.39, 0.29) is 18.2 Å². The number of rotatable bonds is 2. The molecule has 1 aromatic carbocycles. The molecule has 2 aliphatic heterocycles. The zero-order chi connectivity index (χ0) is 20.6. The number of nitrogens with zero attached hydrogens (tertiary/aromatic N) is 2. The first-order chi connectivity index (χ1) is 13.1. The number of hydrogen-bond donors (Lipinski definition) is 1. The van der Waals surface area contributed by atoms with Gasteiger partial charge in [0.15, 0.2) is 0 Å². The van der Waals surface area contributed by atoms with Crippen molar-refractivity contribution in [3.63, 3.8) is 0 Å². The quantitative estimate of drug-likeness (QED) is 0.782. The molecule has 2 heterocycles. The van der Waals surface area contributed by atoms with Gasteiger partial charge < -0.3 is 20.1 Å². The summed E-state index contributed by atoms with van der Waals surface area (Å²) in [4.78, 5) is 27.7. The van der Waals surface area contributed by atoms with E-state index < -0.39 is 5.60 Å². The fourth-order valence-corrected chi connectivity index (χ4v) is 3.95. The molecule has 0 aromatic heterocycles. The second kappa shape index (κ2) is 7.53. The number of carbonyl (C=O) groups is 2. The Hall–Kier alpha value is -2.44. The molecule has 1 saturated heterocycles. The molecule has 0 aliphatic carbocycles. The van der Waals surface area contributed by atoms with E-state index in [1.54, 1.807) is 9.80 Å². The lowest BCUT2D eigenvalue weighted by atomic mass is 9.87. The zero-order valence-corrected chi connectivity index (χ0v) is 17.4. The maximum absolute atomic E-state index is 12.2. The Morgan fingerprint density at radius 3 is 2.50 bits per heavy atom. The highest BCUT2D eigenvalue weighted by Crippen LogP contribution is 2.38.